The van der Waals surface area contributed by atoms with Crippen LogP contribution in [0, 0.1) is 10.1 Å². The summed E-state index contributed by atoms with van der Waals surface area (Å²) in [5, 5.41) is 20.1. The molecule has 18 heavy (non-hydrogen) atoms. The molecule has 0 heterocycles. The highest BCUT2D eigenvalue weighted by atomic mass is 16.6. The summed E-state index contributed by atoms with van der Waals surface area (Å²) in [5.41, 5.74) is 0.365. The maximum Gasteiger partial charge on any atom is 0.335 e. The summed E-state index contributed by atoms with van der Waals surface area (Å²) >= 11 is 0. The van der Waals surface area contributed by atoms with Crippen molar-refractivity contribution in [3.8, 4) is 5.75 Å². The van der Waals surface area contributed by atoms with Gasteiger partial charge in [0.05, 0.1) is 25.2 Å². The van der Waals surface area contributed by atoms with Crippen molar-refractivity contribution in [1.29, 1.82) is 0 Å². The van der Waals surface area contributed by atoms with Gasteiger partial charge in [-0.2, -0.15) is 0 Å². The monoisotopic (exact) mass is 255 g/mol. The topological polar surface area (TPSA) is 98.9 Å². The summed E-state index contributed by atoms with van der Waals surface area (Å²) in [6.45, 7) is 0. The first-order valence-corrected chi connectivity index (χ1v) is 5.06. The second kappa shape index (κ2) is 5.97. The maximum atomic E-state index is 11.1. The van der Waals surface area contributed by atoms with Gasteiger partial charge in [0.25, 0.3) is 5.69 Å². The largest absolute Gasteiger partial charge is 0.496 e. The molecule has 1 rings (SSSR count). The third-order valence-corrected chi connectivity index (χ3v) is 2.37. The summed E-state index contributed by atoms with van der Waals surface area (Å²) < 4.78 is 9.36. The molecule has 98 valence electrons. The van der Waals surface area contributed by atoms with Crippen molar-refractivity contribution < 1.29 is 24.3 Å². The Balaban J connectivity index is 2.96. The normalized spacial score (nSPS) is 11.7. The van der Waals surface area contributed by atoms with Crippen molar-refractivity contribution in [1.82, 2.24) is 0 Å². The van der Waals surface area contributed by atoms with Crippen LogP contribution in [-0.4, -0.2) is 36.3 Å². The third kappa shape index (κ3) is 3.17. The van der Waals surface area contributed by atoms with Crippen molar-refractivity contribution >= 4 is 11.7 Å². The number of aliphatic hydroxyl groups excluding tert-OH is 1. The molecule has 0 amide bonds. The van der Waals surface area contributed by atoms with E-state index in [0.717, 1.165) is 0 Å². The first-order chi connectivity index (χ1) is 8.49. The first kappa shape index (κ1) is 13.9. The molecule has 1 aromatic carbocycles. The number of nitro benzene ring substituents is 1. The molecule has 0 aliphatic heterocycles. The number of aliphatic hydroxyl groups is 1. The van der Waals surface area contributed by atoms with E-state index < -0.39 is 17.0 Å². The molecule has 0 bridgehead atoms. The maximum absolute atomic E-state index is 11.1. The minimum absolute atomic E-state index is 0.0339. The summed E-state index contributed by atoms with van der Waals surface area (Å²) in [4.78, 5) is 21.1. The lowest BCUT2D eigenvalue weighted by molar-refractivity contribution is -0.384. The zero-order valence-corrected chi connectivity index (χ0v) is 9.95. The van der Waals surface area contributed by atoms with Gasteiger partial charge in [-0.3, -0.25) is 10.1 Å². The highest BCUT2D eigenvalue weighted by Crippen LogP contribution is 2.25. The molecule has 0 fully saturated rings. The van der Waals surface area contributed by atoms with E-state index >= 15 is 0 Å². The van der Waals surface area contributed by atoms with E-state index in [9.17, 15) is 20.0 Å². The van der Waals surface area contributed by atoms with Crippen LogP contribution >= 0.6 is 0 Å². The van der Waals surface area contributed by atoms with Gasteiger partial charge >= 0.3 is 5.97 Å². The number of rotatable bonds is 5. The minimum atomic E-state index is -1.33. The lowest BCUT2D eigenvalue weighted by Crippen LogP contribution is -2.24. The first-order valence-electron chi connectivity index (χ1n) is 5.06. The van der Waals surface area contributed by atoms with E-state index in [1.165, 1.54) is 32.4 Å². The Labute approximate surface area is 103 Å². The van der Waals surface area contributed by atoms with Crippen molar-refractivity contribution in [2.45, 2.75) is 12.5 Å². The molecule has 0 saturated heterocycles. The van der Waals surface area contributed by atoms with Crippen LogP contribution in [0.15, 0.2) is 18.2 Å². The van der Waals surface area contributed by atoms with E-state index in [4.69, 9.17) is 4.74 Å². The van der Waals surface area contributed by atoms with Crippen LogP contribution in [0.1, 0.15) is 5.56 Å². The lowest BCUT2D eigenvalue weighted by Gasteiger charge is -2.11. The summed E-state index contributed by atoms with van der Waals surface area (Å²) in [6.07, 6.45) is -1.36. The molecular formula is C11H13NO6. The van der Waals surface area contributed by atoms with Crippen LogP contribution in [0.4, 0.5) is 5.69 Å². The summed E-state index contributed by atoms with van der Waals surface area (Å²) in [5.74, 6) is -0.525. The molecule has 0 saturated carbocycles. The van der Waals surface area contributed by atoms with Gasteiger partial charge in [0, 0.05) is 12.5 Å². The number of methoxy groups -OCH3 is 2. The van der Waals surface area contributed by atoms with E-state index in [2.05, 4.69) is 4.74 Å². The molecule has 1 aromatic rings. The SMILES string of the molecule is COC(=O)C(O)Cc1ccc([N+](=O)[O-])cc1OC. The van der Waals surface area contributed by atoms with E-state index in [1.807, 2.05) is 0 Å². The van der Waals surface area contributed by atoms with Crippen LogP contribution in [0.5, 0.6) is 5.75 Å². The van der Waals surface area contributed by atoms with Crippen molar-refractivity contribution in [2.75, 3.05) is 14.2 Å². The molecule has 0 spiro atoms. The predicted molar refractivity (Wildman–Crippen MR) is 61.4 cm³/mol. The fraction of sp³-hybridized carbons (Fsp3) is 0.364. The highest BCUT2D eigenvalue weighted by Gasteiger charge is 2.19. The smallest absolute Gasteiger partial charge is 0.335 e. The van der Waals surface area contributed by atoms with E-state index in [1.54, 1.807) is 0 Å². The Morgan fingerprint density at radius 1 is 1.50 bits per heavy atom. The molecular weight excluding hydrogens is 242 g/mol. The van der Waals surface area contributed by atoms with Gasteiger partial charge in [0.15, 0.2) is 6.10 Å². The minimum Gasteiger partial charge on any atom is -0.496 e. The highest BCUT2D eigenvalue weighted by molar-refractivity contribution is 5.74. The van der Waals surface area contributed by atoms with Crippen LogP contribution in [-0.2, 0) is 16.0 Å². The molecule has 0 aliphatic carbocycles. The Bertz CT molecular complexity index is 459. The van der Waals surface area contributed by atoms with Crippen LogP contribution in [0.25, 0.3) is 0 Å². The van der Waals surface area contributed by atoms with E-state index in [0.29, 0.717) is 5.56 Å². The molecule has 1 N–H and O–H groups in total. The van der Waals surface area contributed by atoms with Crippen molar-refractivity contribution in [3.05, 3.63) is 33.9 Å². The number of ether oxygens (including phenoxy) is 2. The number of non-ortho nitro benzene ring substituents is 1. The van der Waals surface area contributed by atoms with Crippen LogP contribution in [0.3, 0.4) is 0 Å². The fourth-order valence-corrected chi connectivity index (χ4v) is 1.44. The number of esters is 1. The number of carbonyl (C=O) groups is 1. The Kier molecular flexibility index (Phi) is 4.61. The molecule has 7 nitrogen and oxygen atoms in total. The number of hydrogen-bond donors (Lipinski definition) is 1. The van der Waals surface area contributed by atoms with Crippen LogP contribution in [0.2, 0.25) is 0 Å². The number of hydrogen-bond acceptors (Lipinski definition) is 6. The summed E-state index contributed by atoms with van der Waals surface area (Å²) in [7, 11) is 2.52. The number of carbonyl (C=O) groups excluding carboxylic acids is 1. The van der Waals surface area contributed by atoms with Gasteiger partial charge in [0.2, 0.25) is 0 Å². The lowest BCUT2D eigenvalue weighted by atomic mass is 10.1. The zero-order valence-electron chi connectivity index (χ0n) is 9.95. The quantitative estimate of drug-likeness (QED) is 0.472. The van der Waals surface area contributed by atoms with Gasteiger partial charge in [-0.05, 0) is 11.6 Å². The molecule has 1 unspecified atom stereocenters. The average Bonchev–Trinajstić information content (AvgIpc) is 2.37. The number of benzene rings is 1. The molecule has 1 atom stereocenters. The second-order valence-corrected chi connectivity index (χ2v) is 3.50. The van der Waals surface area contributed by atoms with Gasteiger partial charge in [0.1, 0.15) is 5.75 Å². The molecule has 0 aliphatic rings. The second-order valence-electron chi connectivity index (χ2n) is 3.50. The van der Waals surface area contributed by atoms with E-state index in [-0.39, 0.29) is 17.9 Å². The Hall–Kier alpha value is -2.15. The molecule has 7 heteroatoms. The van der Waals surface area contributed by atoms with Gasteiger partial charge < -0.3 is 14.6 Å². The predicted octanol–water partition coefficient (Wildman–Crippen LogP) is 0.680. The fourth-order valence-electron chi connectivity index (χ4n) is 1.44. The average molecular weight is 255 g/mol. The van der Waals surface area contributed by atoms with Gasteiger partial charge in [-0.15, -0.1) is 0 Å². The molecule has 0 radical (unpaired) electrons. The van der Waals surface area contributed by atoms with Gasteiger partial charge in [-0.1, -0.05) is 0 Å². The zero-order chi connectivity index (χ0) is 13.7. The molecule has 0 aromatic heterocycles. The van der Waals surface area contributed by atoms with Crippen molar-refractivity contribution in [2.24, 2.45) is 0 Å². The Morgan fingerprint density at radius 2 is 2.17 bits per heavy atom. The summed E-state index contributed by atoms with van der Waals surface area (Å²) in [6, 6.07) is 3.95. The Morgan fingerprint density at radius 3 is 2.67 bits per heavy atom. The third-order valence-electron chi connectivity index (χ3n) is 2.37. The number of nitro groups is 1. The van der Waals surface area contributed by atoms with Crippen molar-refractivity contribution in [3.63, 3.8) is 0 Å². The standard InChI is InChI=1S/C11H13NO6/c1-17-10-6-8(12(15)16)4-3-7(10)5-9(13)11(14)18-2/h3-4,6,9,13H,5H2,1-2H3. The van der Waals surface area contributed by atoms with Crippen LogP contribution < -0.4 is 4.74 Å². The van der Waals surface area contributed by atoms with Gasteiger partial charge in [-0.25, -0.2) is 4.79 Å². The number of nitrogens with zero attached hydrogens (tertiary/aromatic N) is 1.